The summed E-state index contributed by atoms with van der Waals surface area (Å²) in [5.74, 6) is -0.412. The zero-order valence-corrected chi connectivity index (χ0v) is 13.3. The van der Waals surface area contributed by atoms with E-state index in [2.05, 4.69) is 19.7 Å². The number of ether oxygens (including phenoxy) is 1. The molecule has 3 rings (SSSR count). The fraction of sp³-hybridized carbons (Fsp3) is 0.125. The van der Waals surface area contributed by atoms with Crippen molar-refractivity contribution in [2.75, 3.05) is 7.11 Å². The zero-order valence-electron chi connectivity index (χ0n) is 13.3. The number of benzene rings is 1. The van der Waals surface area contributed by atoms with E-state index in [0.717, 1.165) is 6.07 Å². The number of aryl methyl sites for hydroxylation is 1. The number of nitro groups is 1. The lowest BCUT2D eigenvalue weighted by molar-refractivity contribution is -0.384. The van der Waals surface area contributed by atoms with E-state index < -0.39 is 16.3 Å². The molecular weight excluding hydrogens is 328 g/mol. The lowest BCUT2D eigenvalue weighted by Crippen LogP contribution is -2.14. The number of carbonyl (C=O) groups is 1. The fourth-order valence-corrected chi connectivity index (χ4v) is 2.41. The van der Waals surface area contributed by atoms with Crippen LogP contribution in [0.15, 0.2) is 35.1 Å². The summed E-state index contributed by atoms with van der Waals surface area (Å²) in [6, 6.07) is 6.84. The van der Waals surface area contributed by atoms with Gasteiger partial charge in [-0.15, -0.1) is 0 Å². The fourth-order valence-electron chi connectivity index (χ4n) is 2.41. The third-order valence-electron chi connectivity index (χ3n) is 3.61. The maximum atomic E-state index is 12.2. The van der Waals surface area contributed by atoms with Gasteiger partial charge in [0.1, 0.15) is 11.3 Å². The highest BCUT2D eigenvalue weighted by Crippen LogP contribution is 2.21. The number of aromatic nitrogens is 3. The van der Waals surface area contributed by atoms with Crippen molar-refractivity contribution in [3.63, 3.8) is 0 Å². The number of nitrogens with one attached hydrogen (secondary N) is 1. The Kier molecular flexibility index (Phi) is 3.97. The van der Waals surface area contributed by atoms with E-state index in [0.29, 0.717) is 11.3 Å². The number of methoxy groups -OCH3 is 1. The largest absolute Gasteiger partial charge is 0.464 e. The smallest absolute Gasteiger partial charge is 0.354 e. The summed E-state index contributed by atoms with van der Waals surface area (Å²) in [5.41, 5.74) is 0.682. The van der Waals surface area contributed by atoms with Crippen molar-refractivity contribution < 1.29 is 14.5 Å². The monoisotopic (exact) mass is 340 g/mol. The Morgan fingerprint density at radius 1 is 1.24 bits per heavy atom. The van der Waals surface area contributed by atoms with Crippen molar-refractivity contribution >= 4 is 22.7 Å². The molecule has 0 saturated heterocycles. The Balaban J connectivity index is 2.19. The van der Waals surface area contributed by atoms with Gasteiger partial charge in [0.25, 0.3) is 5.69 Å². The lowest BCUT2D eigenvalue weighted by atomic mass is 10.1. The van der Waals surface area contributed by atoms with Crippen LogP contribution in [0.25, 0.3) is 22.4 Å². The first-order valence-electron chi connectivity index (χ1n) is 7.15. The van der Waals surface area contributed by atoms with Crippen molar-refractivity contribution in [2.24, 2.45) is 0 Å². The average molecular weight is 340 g/mol. The normalized spacial score (nSPS) is 10.6. The number of rotatable bonds is 3. The minimum Gasteiger partial charge on any atom is -0.464 e. The predicted octanol–water partition coefficient (Wildman–Crippen LogP) is 1.99. The molecule has 0 unspecified atom stereocenters. The molecular formula is C16H12N4O5. The van der Waals surface area contributed by atoms with Crippen LogP contribution in [0.2, 0.25) is 0 Å². The van der Waals surface area contributed by atoms with Crippen LogP contribution < -0.4 is 5.43 Å². The Morgan fingerprint density at radius 2 is 1.92 bits per heavy atom. The number of esters is 1. The van der Waals surface area contributed by atoms with Crippen LogP contribution in [0.4, 0.5) is 5.69 Å². The number of nitro benzene ring substituents is 1. The van der Waals surface area contributed by atoms with E-state index in [1.807, 2.05) is 0 Å². The first-order chi connectivity index (χ1) is 11.9. The third kappa shape index (κ3) is 2.94. The summed E-state index contributed by atoms with van der Waals surface area (Å²) in [6.45, 7) is 1.64. The number of H-pyrrole nitrogens is 1. The van der Waals surface area contributed by atoms with E-state index in [1.54, 1.807) is 6.92 Å². The second kappa shape index (κ2) is 6.11. The molecule has 0 aliphatic heterocycles. The second-order valence-corrected chi connectivity index (χ2v) is 5.20. The summed E-state index contributed by atoms with van der Waals surface area (Å²) in [5, 5.41) is 11.0. The van der Waals surface area contributed by atoms with E-state index in [1.165, 1.54) is 31.4 Å². The molecule has 0 spiro atoms. The van der Waals surface area contributed by atoms with Gasteiger partial charge in [0.05, 0.1) is 23.1 Å². The van der Waals surface area contributed by atoms with Gasteiger partial charge < -0.3 is 9.72 Å². The van der Waals surface area contributed by atoms with E-state index >= 15 is 0 Å². The minimum absolute atomic E-state index is 0.0206. The molecule has 9 heteroatoms. The SMILES string of the molecule is COC(=O)c1cc(=O)c2c(C)nc(-c3ccc([N+](=O)[O-])cc3)nc2[nH]1. The molecule has 2 heterocycles. The van der Waals surface area contributed by atoms with Crippen molar-refractivity contribution in [1.29, 1.82) is 0 Å². The summed E-state index contributed by atoms with van der Waals surface area (Å²) < 4.78 is 4.60. The number of nitrogens with zero attached hydrogens (tertiary/aromatic N) is 3. The van der Waals surface area contributed by atoms with Crippen LogP contribution in [0.1, 0.15) is 16.2 Å². The van der Waals surface area contributed by atoms with Gasteiger partial charge in [-0.05, 0) is 19.1 Å². The molecule has 0 aliphatic carbocycles. The van der Waals surface area contributed by atoms with Crippen LogP contribution in [-0.4, -0.2) is 33.0 Å². The predicted molar refractivity (Wildman–Crippen MR) is 88.3 cm³/mol. The molecule has 0 radical (unpaired) electrons. The Morgan fingerprint density at radius 3 is 2.52 bits per heavy atom. The third-order valence-corrected chi connectivity index (χ3v) is 3.61. The van der Waals surface area contributed by atoms with Crippen LogP contribution in [0.5, 0.6) is 0 Å². The molecule has 0 fully saturated rings. The first-order valence-corrected chi connectivity index (χ1v) is 7.15. The molecule has 25 heavy (non-hydrogen) atoms. The van der Waals surface area contributed by atoms with Crippen molar-refractivity contribution in [2.45, 2.75) is 6.92 Å². The molecule has 3 aromatic rings. The van der Waals surface area contributed by atoms with Crippen molar-refractivity contribution in [1.82, 2.24) is 15.0 Å². The zero-order chi connectivity index (χ0) is 18.1. The molecule has 1 N–H and O–H groups in total. The molecule has 0 aliphatic rings. The van der Waals surface area contributed by atoms with Gasteiger partial charge in [0.2, 0.25) is 0 Å². The first kappa shape index (κ1) is 16.2. The Labute approximate surface area is 140 Å². The molecule has 0 atom stereocenters. The standard InChI is InChI=1S/C16H12N4O5/c1-8-13-12(21)7-11(16(22)25-2)18-15(13)19-14(17-8)9-3-5-10(6-4-9)20(23)24/h3-7H,1-2H3,(H,17,18,19,21). The molecule has 0 bridgehead atoms. The minimum atomic E-state index is -0.688. The topological polar surface area (TPSA) is 128 Å². The molecule has 2 aromatic heterocycles. The number of hydrogen-bond donors (Lipinski definition) is 1. The maximum Gasteiger partial charge on any atom is 0.354 e. The lowest BCUT2D eigenvalue weighted by Gasteiger charge is -2.07. The molecule has 0 saturated carbocycles. The Hall–Kier alpha value is -3.62. The van der Waals surface area contributed by atoms with Gasteiger partial charge in [-0.2, -0.15) is 0 Å². The van der Waals surface area contributed by atoms with Gasteiger partial charge in [-0.1, -0.05) is 0 Å². The number of carbonyl (C=O) groups excluding carboxylic acids is 1. The van der Waals surface area contributed by atoms with Gasteiger partial charge >= 0.3 is 5.97 Å². The van der Waals surface area contributed by atoms with Gasteiger partial charge in [0.15, 0.2) is 11.3 Å². The van der Waals surface area contributed by atoms with Crippen molar-refractivity contribution in [3.05, 3.63) is 62.1 Å². The summed E-state index contributed by atoms with van der Waals surface area (Å²) >= 11 is 0. The summed E-state index contributed by atoms with van der Waals surface area (Å²) in [4.78, 5) is 45.4. The number of hydrogen-bond acceptors (Lipinski definition) is 7. The molecule has 9 nitrogen and oxygen atoms in total. The van der Waals surface area contributed by atoms with Crippen LogP contribution in [0, 0.1) is 17.0 Å². The number of pyridine rings is 1. The summed E-state index contributed by atoms with van der Waals surface area (Å²) in [7, 11) is 1.21. The number of aromatic amines is 1. The van der Waals surface area contributed by atoms with E-state index in [4.69, 9.17) is 0 Å². The van der Waals surface area contributed by atoms with Gasteiger partial charge in [-0.3, -0.25) is 14.9 Å². The second-order valence-electron chi connectivity index (χ2n) is 5.20. The number of fused-ring (bicyclic) bond motifs is 1. The van der Waals surface area contributed by atoms with E-state index in [-0.39, 0.29) is 28.2 Å². The maximum absolute atomic E-state index is 12.2. The summed E-state index contributed by atoms with van der Waals surface area (Å²) in [6.07, 6.45) is 0. The van der Waals surface area contributed by atoms with Crippen LogP contribution in [-0.2, 0) is 4.74 Å². The number of non-ortho nitro benzene ring substituents is 1. The average Bonchev–Trinajstić information content (AvgIpc) is 2.60. The van der Waals surface area contributed by atoms with E-state index in [9.17, 15) is 19.7 Å². The highest BCUT2D eigenvalue weighted by atomic mass is 16.6. The molecule has 1 aromatic carbocycles. The highest BCUT2D eigenvalue weighted by Gasteiger charge is 2.15. The van der Waals surface area contributed by atoms with Gasteiger partial charge in [0, 0.05) is 23.8 Å². The van der Waals surface area contributed by atoms with Crippen LogP contribution >= 0.6 is 0 Å². The quantitative estimate of drug-likeness (QED) is 0.438. The molecule has 0 amide bonds. The van der Waals surface area contributed by atoms with Gasteiger partial charge in [-0.25, -0.2) is 14.8 Å². The molecule has 126 valence electrons. The Bertz CT molecular complexity index is 1060. The van der Waals surface area contributed by atoms with Crippen molar-refractivity contribution in [3.8, 4) is 11.4 Å². The van der Waals surface area contributed by atoms with Crippen LogP contribution in [0.3, 0.4) is 0 Å². The highest BCUT2D eigenvalue weighted by molar-refractivity contribution is 5.90.